The molecule has 1 aliphatic rings. The number of hydrogen-bond acceptors (Lipinski definition) is 9. The fraction of sp³-hybridized carbons (Fsp3) is 0.244. The van der Waals surface area contributed by atoms with Crippen LogP contribution < -0.4 is 4.74 Å². The standard InChI is InChI=1S/C41H39NO9/c43-40(33-21-23-34(24-22-33)42(44)45)51-41-39(49-29-32-17-9-3-10-18-32)38(48-28-31-15-7-2-8-16-31)37(47-27-30-13-5-1-6-14-30)36(50-41)25-26-46-35-19-11-4-12-20-35/h1-24,36-39,41H,25-29H2/t36-,37-,38+,39-,41-/m1/s1. The summed E-state index contributed by atoms with van der Waals surface area (Å²) in [6.07, 6.45) is -3.86. The number of nitrogens with zero attached hydrogens (tertiary/aromatic N) is 1. The summed E-state index contributed by atoms with van der Waals surface area (Å²) in [6.45, 7) is 0.968. The van der Waals surface area contributed by atoms with Crippen LogP contribution in [0.2, 0.25) is 0 Å². The van der Waals surface area contributed by atoms with Gasteiger partial charge < -0.3 is 28.4 Å². The Morgan fingerprint density at radius 1 is 0.608 bits per heavy atom. The third-order valence-electron chi connectivity index (χ3n) is 8.40. The van der Waals surface area contributed by atoms with Crippen LogP contribution in [-0.4, -0.2) is 48.2 Å². The van der Waals surface area contributed by atoms with E-state index >= 15 is 0 Å². The molecule has 0 saturated carbocycles. The number of carbonyl (C=O) groups excluding carboxylic acids is 1. The summed E-state index contributed by atoms with van der Waals surface area (Å²) in [5, 5.41) is 11.2. The van der Waals surface area contributed by atoms with Gasteiger partial charge in [0.1, 0.15) is 24.1 Å². The fourth-order valence-corrected chi connectivity index (χ4v) is 5.78. The first-order valence-corrected chi connectivity index (χ1v) is 16.8. The predicted octanol–water partition coefficient (Wildman–Crippen LogP) is 7.70. The Balaban J connectivity index is 1.32. The molecule has 1 saturated heterocycles. The molecule has 51 heavy (non-hydrogen) atoms. The van der Waals surface area contributed by atoms with Crippen molar-refractivity contribution >= 4 is 11.7 Å². The normalized spacial score (nSPS) is 20.0. The van der Waals surface area contributed by atoms with E-state index in [1.165, 1.54) is 24.3 Å². The molecule has 1 fully saturated rings. The van der Waals surface area contributed by atoms with Crippen molar-refractivity contribution in [3.8, 4) is 5.75 Å². The highest BCUT2D eigenvalue weighted by Gasteiger charge is 2.50. The zero-order chi connectivity index (χ0) is 35.3. The highest BCUT2D eigenvalue weighted by Crippen LogP contribution is 2.33. The van der Waals surface area contributed by atoms with Crippen molar-refractivity contribution in [3.63, 3.8) is 0 Å². The first kappa shape index (κ1) is 35.4. The Kier molecular flexibility index (Phi) is 12.5. The third-order valence-corrected chi connectivity index (χ3v) is 8.40. The van der Waals surface area contributed by atoms with Crippen LogP contribution in [0.3, 0.4) is 0 Å². The second kappa shape index (κ2) is 18.0. The maximum Gasteiger partial charge on any atom is 0.340 e. The van der Waals surface area contributed by atoms with Gasteiger partial charge in [-0.1, -0.05) is 109 Å². The van der Waals surface area contributed by atoms with Crippen LogP contribution in [0.5, 0.6) is 5.75 Å². The number of carbonyl (C=O) groups is 1. The minimum Gasteiger partial charge on any atom is -0.493 e. The maximum absolute atomic E-state index is 13.6. The van der Waals surface area contributed by atoms with Crippen molar-refractivity contribution in [1.82, 2.24) is 0 Å². The van der Waals surface area contributed by atoms with Gasteiger partial charge in [0.05, 0.1) is 43.0 Å². The van der Waals surface area contributed by atoms with Crippen LogP contribution in [0.15, 0.2) is 146 Å². The van der Waals surface area contributed by atoms with Crippen LogP contribution in [-0.2, 0) is 43.5 Å². The molecule has 10 nitrogen and oxygen atoms in total. The van der Waals surface area contributed by atoms with Gasteiger partial charge in [-0.3, -0.25) is 10.1 Å². The smallest absolute Gasteiger partial charge is 0.340 e. The zero-order valence-electron chi connectivity index (χ0n) is 27.9. The second-order valence-electron chi connectivity index (χ2n) is 12.0. The monoisotopic (exact) mass is 689 g/mol. The lowest BCUT2D eigenvalue weighted by atomic mass is 9.95. The van der Waals surface area contributed by atoms with Crippen LogP contribution in [0.1, 0.15) is 33.5 Å². The summed E-state index contributed by atoms with van der Waals surface area (Å²) in [5.41, 5.74) is 2.79. The zero-order valence-corrected chi connectivity index (χ0v) is 27.9. The Morgan fingerprint density at radius 3 is 1.59 bits per heavy atom. The van der Waals surface area contributed by atoms with E-state index in [4.69, 9.17) is 28.4 Å². The van der Waals surface area contributed by atoms with Gasteiger partial charge in [0.2, 0.25) is 6.29 Å². The number of nitro benzene ring substituents is 1. The van der Waals surface area contributed by atoms with E-state index in [0.717, 1.165) is 16.7 Å². The van der Waals surface area contributed by atoms with Gasteiger partial charge >= 0.3 is 5.97 Å². The molecule has 1 heterocycles. The molecule has 0 bridgehead atoms. The molecule has 262 valence electrons. The van der Waals surface area contributed by atoms with Gasteiger partial charge in [-0.2, -0.15) is 0 Å². The molecule has 5 aromatic carbocycles. The lowest BCUT2D eigenvalue weighted by Crippen LogP contribution is -2.61. The molecule has 0 radical (unpaired) electrons. The first-order chi connectivity index (χ1) is 25.0. The number of benzene rings is 5. The lowest BCUT2D eigenvalue weighted by Gasteiger charge is -2.45. The van der Waals surface area contributed by atoms with Gasteiger partial charge in [-0.15, -0.1) is 0 Å². The van der Waals surface area contributed by atoms with E-state index < -0.39 is 41.6 Å². The highest BCUT2D eigenvalue weighted by atomic mass is 16.7. The molecule has 6 rings (SSSR count). The van der Waals surface area contributed by atoms with E-state index in [-0.39, 0.29) is 37.7 Å². The topological polar surface area (TPSA) is 116 Å². The molecule has 0 spiro atoms. The molecule has 0 N–H and O–H groups in total. The largest absolute Gasteiger partial charge is 0.493 e. The molecule has 5 aromatic rings. The number of non-ortho nitro benzene ring substituents is 1. The van der Waals surface area contributed by atoms with E-state index in [1.54, 1.807) is 0 Å². The SMILES string of the molecule is O=C(O[C@H]1O[C@H](CCOc2ccccc2)[C@@H](OCc2ccccc2)[C@H](OCc2ccccc2)[C@H]1OCc1ccccc1)c1ccc([N+](=O)[O-])cc1. The van der Waals surface area contributed by atoms with E-state index in [0.29, 0.717) is 12.2 Å². The minimum atomic E-state index is -1.23. The summed E-state index contributed by atoms with van der Waals surface area (Å²) in [7, 11) is 0. The van der Waals surface area contributed by atoms with Crippen molar-refractivity contribution < 1.29 is 38.1 Å². The number of esters is 1. The third kappa shape index (κ3) is 10.1. The van der Waals surface area contributed by atoms with E-state index in [2.05, 4.69) is 0 Å². The number of hydrogen-bond donors (Lipinski definition) is 0. The summed E-state index contributed by atoms with van der Waals surface area (Å²) >= 11 is 0. The Bertz CT molecular complexity index is 1790. The summed E-state index contributed by atoms with van der Waals surface area (Å²) in [6, 6.07) is 43.9. The Hall–Kier alpha value is -5.39. The van der Waals surface area contributed by atoms with E-state index in [9.17, 15) is 14.9 Å². The quantitative estimate of drug-likeness (QED) is 0.0584. The van der Waals surface area contributed by atoms with Crippen molar-refractivity contribution in [1.29, 1.82) is 0 Å². The van der Waals surface area contributed by atoms with Gasteiger partial charge in [-0.25, -0.2) is 4.79 Å². The second-order valence-corrected chi connectivity index (χ2v) is 12.0. The summed E-state index contributed by atoms with van der Waals surface area (Å²) < 4.78 is 38.6. The van der Waals surface area contributed by atoms with Gasteiger partial charge in [0.25, 0.3) is 5.69 Å². The van der Waals surface area contributed by atoms with Crippen molar-refractivity contribution in [2.45, 2.75) is 56.9 Å². The average Bonchev–Trinajstić information content (AvgIpc) is 3.18. The maximum atomic E-state index is 13.6. The number of ether oxygens (including phenoxy) is 6. The summed E-state index contributed by atoms with van der Waals surface area (Å²) in [5.74, 6) is -0.0230. The molecule has 0 unspecified atom stereocenters. The lowest BCUT2D eigenvalue weighted by molar-refractivity contribution is -0.384. The molecular weight excluding hydrogens is 650 g/mol. The van der Waals surface area contributed by atoms with E-state index in [1.807, 2.05) is 121 Å². The molecule has 0 amide bonds. The van der Waals surface area contributed by atoms with Gasteiger partial charge in [0.15, 0.2) is 0 Å². The summed E-state index contributed by atoms with van der Waals surface area (Å²) in [4.78, 5) is 24.3. The average molecular weight is 690 g/mol. The van der Waals surface area contributed by atoms with Gasteiger partial charge in [0, 0.05) is 18.6 Å². The molecule has 0 aliphatic carbocycles. The van der Waals surface area contributed by atoms with Crippen molar-refractivity contribution in [2.24, 2.45) is 0 Å². The minimum absolute atomic E-state index is 0.124. The molecule has 5 atom stereocenters. The van der Waals surface area contributed by atoms with Crippen LogP contribution in [0.25, 0.3) is 0 Å². The van der Waals surface area contributed by atoms with Crippen molar-refractivity contribution in [3.05, 3.63) is 178 Å². The molecule has 0 aromatic heterocycles. The van der Waals surface area contributed by atoms with Crippen LogP contribution >= 0.6 is 0 Å². The number of para-hydroxylation sites is 1. The Labute approximate surface area is 296 Å². The molecular formula is C41H39NO9. The fourth-order valence-electron chi connectivity index (χ4n) is 5.78. The Morgan fingerprint density at radius 2 is 1.08 bits per heavy atom. The van der Waals surface area contributed by atoms with Crippen LogP contribution in [0, 0.1) is 10.1 Å². The van der Waals surface area contributed by atoms with Gasteiger partial charge in [-0.05, 0) is 41.0 Å². The van der Waals surface area contributed by atoms with Crippen molar-refractivity contribution in [2.75, 3.05) is 6.61 Å². The predicted molar refractivity (Wildman–Crippen MR) is 189 cm³/mol. The number of rotatable bonds is 16. The highest BCUT2D eigenvalue weighted by molar-refractivity contribution is 5.89. The number of nitro groups is 1. The molecule has 10 heteroatoms. The molecule has 1 aliphatic heterocycles. The first-order valence-electron chi connectivity index (χ1n) is 16.8. The van der Waals surface area contributed by atoms with Crippen LogP contribution in [0.4, 0.5) is 5.69 Å².